The van der Waals surface area contributed by atoms with E-state index in [1.165, 1.54) is 0 Å². The van der Waals surface area contributed by atoms with E-state index in [0.717, 1.165) is 0 Å². The SMILES string of the molecule is CCOc1cc(OCC)c(OCC)c(OCC)c1OCC.CCOc1cc(OCC)c(OCC)c(OCC)c1OCC.CCOc1cc(OCC)c(OCC)c(OCC)c1OCC.P. The molecule has 0 saturated carbocycles. The summed E-state index contributed by atoms with van der Waals surface area (Å²) in [5.41, 5.74) is 0. The average molecular weight is 929 g/mol. The summed E-state index contributed by atoms with van der Waals surface area (Å²) in [5.74, 6) is 8.63. The van der Waals surface area contributed by atoms with Crippen molar-refractivity contribution in [1.29, 1.82) is 0 Å². The fraction of sp³-hybridized carbons (Fsp3) is 0.625. The van der Waals surface area contributed by atoms with Gasteiger partial charge in [0.25, 0.3) is 0 Å². The van der Waals surface area contributed by atoms with Crippen LogP contribution >= 0.6 is 9.90 Å². The van der Waals surface area contributed by atoms with E-state index in [1.54, 1.807) is 18.2 Å². The molecule has 0 saturated heterocycles. The van der Waals surface area contributed by atoms with Crippen LogP contribution in [-0.4, -0.2) is 99.1 Å². The molecule has 0 bridgehead atoms. The summed E-state index contributed by atoms with van der Waals surface area (Å²) < 4.78 is 85.4. The summed E-state index contributed by atoms with van der Waals surface area (Å²) in [4.78, 5) is 0. The molecule has 15 nitrogen and oxygen atoms in total. The minimum Gasteiger partial charge on any atom is -0.490 e. The van der Waals surface area contributed by atoms with Crippen LogP contribution < -0.4 is 71.1 Å². The van der Waals surface area contributed by atoms with Crippen molar-refractivity contribution in [2.24, 2.45) is 0 Å². The van der Waals surface area contributed by atoms with Gasteiger partial charge in [0.15, 0.2) is 34.5 Å². The van der Waals surface area contributed by atoms with Crippen molar-refractivity contribution in [1.82, 2.24) is 0 Å². The predicted octanol–water partition coefficient (Wildman–Crippen LogP) is 11.1. The van der Waals surface area contributed by atoms with E-state index in [1.807, 2.05) is 104 Å². The van der Waals surface area contributed by atoms with Crippen LogP contribution in [0.2, 0.25) is 0 Å². The zero-order valence-corrected chi connectivity index (χ0v) is 43.1. The maximum Gasteiger partial charge on any atom is 0.211 e. The standard InChI is InChI=1S/3C16H26O5.H3P/c3*1-6-17-12-11-13(18-7-2)15(20-9-4)16(21-10-5)14(12)19-8-3;/h3*11H,6-10H2,1-5H3;1H3. The smallest absolute Gasteiger partial charge is 0.211 e. The number of ether oxygens (including phenoxy) is 15. The highest BCUT2D eigenvalue weighted by atomic mass is 31.0. The molecule has 3 rings (SSSR count). The van der Waals surface area contributed by atoms with Gasteiger partial charge in [0.1, 0.15) is 0 Å². The summed E-state index contributed by atoms with van der Waals surface area (Å²) in [6.45, 7) is 36.6. The second-order valence-corrected chi connectivity index (χ2v) is 12.1. The molecule has 0 amide bonds. The topological polar surface area (TPSA) is 138 Å². The summed E-state index contributed by atoms with van der Waals surface area (Å²) in [6, 6.07) is 5.39. The molecule has 64 heavy (non-hydrogen) atoms. The van der Waals surface area contributed by atoms with Gasteiger partial charge in [-0.3, -0.25) is 0 Å². The van der Waals surface area contributed by atoms with Gasteiger partial charge in [0.05, 0.1) is 99.1 Å². The Bertz CT molecular complexity index is 1390. The zero-order valence-electron chi connectivity index (χ0n) is 41.7. The molecule has 0 radical (unpaired) electrons. The minimum atomic E-state index is 0. The molecule has 3 aromatic carbocycles. The molecule has 0 heterocycles. The molecule has 1 unspecified atom stereocenters. The number of benzene rings is 3. The van der Waals surface area contributed by atoms with Gasteiger partial charge in [-0.1, -0.05) is 0 Å². The first kappa shape index (κ1) is 59.1. The van der Waals surface area contributed by atoms with E-state index < -0.39 is 0 Å². The molecule has 0 aromatic heterocycles. The summed E-state index contributed by atoms with van der Waals surface area (Å²) >= 11 is 0. The lowest BCUT2D eigenvalue weighted by Gasteiger charge is -2.21. The van der Waals surface area contributed by atoms with Crippen molar-refractivity contribution in [2.75, 3.05) is 99.1 Å². The highest BCUT2D eigenvalue weighted by Crippen LogP contribution is 2.53. The van der Waals surface area contributed by atoms with Crippen LogP contribution in [0.15, 0.2) is 18.2 Å². The minimum absolute atomic E-state index is 0. The molecule has 16 heteroatoms. The average Bonchev–Trinajstić information content (AvgIpc) is 3.26. The quantitative estimate of drug-likeness (QED) is 0.0586. The van der Waals surface area contributed by atoms with Crippen molar-refractivity contribution in [3.8, 4) is 86.2 Å². The van der Waals surface area contributed by atoms with Crippen LogP contribution in [0.3, 0.4) is 0 Å². The second-order valence-electron chi connectivity index (χ2n) is 12.1. The number of rotatable bonds is 30. The fourth-order valence-corrected chi connectivity index (χ4v) is 5.82. The molecule has 0 spiro atoms. The zero-order chi connectivity index (χ0) is 47.0. The largest absolute Gasteiger partial charge is 0.490 e. The van der Waals surface area contributed by atoms with Gasteiger partial charge < -0.3 is 71.1 Å². The first-order chi connectivity index (χ1) is 30.7. The molecule has 3 aromatic rings. The maximum absolute atomic E-state index is 5.74. The van der Waals surface area contributed by atoms with Crippen LogP contribution in [0.25, 0.3) is 0 Å². The third kappa shape index (κ3) is 17.9. The second kappa shape index (κ2) is 35.4. The Hall–Kier alpha value is -4.91. The van der Waals surface area contributed by atoms with Crippen LogP contribution in [0.4, 0.5) is 0 Å². The van der Waals surface area contributed by atoms with E-state index in [4.69, 9.17) is 71.1 Å². The molecule has 368 valence electrons. The molecule has 0 aliphatic carbocycles. The Labute approximate surface area is 387 Å². The first-order valence-electron chi connectivity index (χ1n) is 22.7. The monoisotopic (exact) mass is 929 g/mol. The lowest BCUT2D eigenvalue weighted by atomic mass is 10.2. The molecule has 0 aliphatic rings. The van der Waals surface area contributed by atoms with Crippen LogP contribution in [0, 0.1) is 0 Å². The number of hydrogen-bond donors (Lipinski definition) is 0. The normalized spacial score (nSPS) is 9.98. The summed E-state index contributed by atoms with van der Waals surface area (Å²) in [6.07, 6.45) is 0. The van der Waals surface area contributed by atoms with E-state index in [-0.39, 0.29) is 9.90 Å². The van der Waals surface area contributed by atoms with Gasteiger partial charge >= 0.3 is 0 Å². The third-order valence-corrected chi connectivity index (χ3v) is 7.76. The van der Waals surface area contributed by atoms with E-state index in [2.05, 4.69) is 0 Å². The number of hydrogen-bond acceptors (Lipinski definition) is 15. The fourth-order valence-electron chi connectivity index (χ4n) is 5.82. The van der Waals surface area contributed by atoms with E-state index in [9.17, 15) is 0 Å². The molecule has 0 N–H and O–H groups in total. The summed E-state index contributed by atoms with van der Waals surface area (Å²) in [5, 5.41) is 0. The highest BCUT2D eigenvalue weighted by molar-refractivity contribution is 6.92. The van der Waals surface area contributed by atoms with Gasteiger partial charge in [0, 0.05) is 18.2 Å². The molecule has 1 atom stereocenters. The predicted molar refractivity (Wildman–Crippen MR) is 258 cm³/mol. The Kier molecular flexibility index (Phi) is 32.7. The Morgan fingerprint density at radius 3 is 0.406 bits per heavy atom. The molecular formula is C48H81O15P. The van der Waals surface area contributed by atoms with Gasteiger partial charge in [-0.2, -0.15) is 9.90 Å². The summed E-state index contributed by atoms with van der Waals surface area (Å²) in [7, 11) is 0. The van der Waals surface area contributed by atoms with Gasteiger partial charge in [-0.25, -0.2) is 0 Å². The van der Waals surface area contributed by atoms with Crippen molar-refractivity contribution >= 4 is 9.90 Å². The van der Waals surface area contributed by atoms with Gasteiger partial charge in [0.2, 0.25) is 51.7 Å². The molecule has 0 fully saturated rings. The molecular weight excluding hydrogens is 847 g/mol. The lowest BCUT2D eigenvalue weighted by molar-refractivity contribution is 0.231. The highest BCUT2D eigenvalue weighted by Gasteiger charge is 2.26. The Morgan fingerprint density at radius 2 is 0.297 bits per heavy atom. The Balaban J connectivity index is 0.000000923. The third-order valence-electron chi connectivity index (χ3n) is 7.76. The van der Waals surface area contributed by atoms with Gasteiger partial charge in [-0.15, -0.1) is 0 Å². The lowest BCUT2D eigenvalue weighted by Crippen LogP contribution is -2.07. The molecule has 0 aliphatic heterocycles. The van der Waals surface area contributed by atoms with Crippen LogP contribution in [-0.2, 0) is 0 Å². The van der Waals surface area contributed by atoms with Crippen molar-refractivity contribution < 1.29 is 71.1 Å². The van der Waals surface area contributed by atoms with Crippen molar-refractivity contribution in [3.63, 3.8) is 0 Å². The Morgan fingerprint density at radius 1 is 0.188 bits per heavy atom. The maximum atomic E-state index is 5.74. The van der Waals surface area contributed by atoms with Crippen molar-refractivity contribution in [2.45, 2.75) is 104 Å². The first-order valence-corrected chi connectivity index (χ1v) is 22.7. The van der Waals surface area contributed by atoms with E-state index in [0.29, 0.717) is 185 Å². The van der Waals surface area contributed by atoms with Crippen LogP contribution in [0.5, 0.6) is 86.2 Å². The van der Waals surface area contributed by atoms with E-state index >= 15 is 0 Å². The van der Waals surface area contributed by atoms with Crippen LogP contribution in [0.1, 0.15) is 104 Å². The van der Waals surface area contributed by atoms with Gasteiger partial charge in [-0.05, 0) is 104 Å². The van der Waals surface area contributed by atoms with Crippen molar-refractivity contribution in [3.05, 3.63) is 18.2 Å².